The summed E-state index contributed by atoms with van der Waals surface area (Å²) in [5.74, 6) is -0.363. The lowest BCUT2D eigenvalue weighted by Gasteiger charge is -2.08. The minimum absolute atomic E-state index is 0.321. The molecule has 4 nitrogen and oxygen atoms in total. The van der Waals surface area contributed by atoms with Gasteiger partial charge in [0.2, 0.25) is 0 Å². The first-order valence-corrected chi connectivity index (χ1v) is 8.00. The average molecular weight is 341 g/mol. The molecule has 0 amide bonds. The van der Waals surface area contributed by atoms with Crippen molar-refractivity contribution in [3.63, 3.8) is 0 Å². The van der Waals surface area contributed by atoms with Crippen LogP contribution in [0.5, 0.6) is 0 Å². The van der Waals surface area contributed by atoms with Crippen LogP contribution in [0.4, 0.5) is 0 Å². The van der Waals surface area contributed by atoms with Crippen molar-refractivity contribution in [1.82, 2.24) is 10.2 Å². The Labute approximate surface area is 139 Å². The van der Waals surface area contributed by atoms with Crippen molar-refractivity contribution in [3.8, 4) is 0 Å². The summed E-state index contributed by atoms with van der Waals surface area (Å²) in [7, 11) is 0. The number of ether oxygens (including phenoxy) is 1. The molecular weight excluding hydrogens is 323 g/mol. The number of nitrogens with zero attached hydrogens (tertiary/aromatic N) is 1. The van der Waals surface area contributed by atoms with Crippen LogP contribution in [-0.4, -0.2) is 22.8 Å². The summed E-state index contributed by atoms with van der Waals surface area (Å²) in [4.78, 5) is 12.2. The van der Waals surface area contributed by atoms with Crippen LogP contribution in [-0.2, 0) is 17.6 Å². The van der Waals surface area contributed by atoms with Gasteiger partial charge in [0.05, 0.1) is 18.0 Å². The molecule has 6 heteroatoms. The van der Waals surface area contributed by atoms with E-state index in [1.54, 1.807) is 25.1 Å². The molecule has 0 aliphatic carbocycles. The van der Waals surface area contributed by atoms with Crippen LogP contribution in [0.15, 0.2) is 18.2 Å². The Balaban J connectivity index is 2.40. The van der Waals surface area contributed by atoms with Crippen molar-refractivity contribution < 1.29 is 9.53 Å². The fourth-order valence-corrected chi connectivity index (χ4v) is 2.82. The number of H-pyrrole nitrogens is 1. The first-order chi connectivity index (χ1) is 10.6. The van der Waals surface area contributed by atoms with Crippen LogP contribution in [0.3, 0.4) is 0 Å². The lowest BCUT2D eigenvalue weighted by Crippen LogP contribution is -2.10. The SMILES string of the molecule is CCCc1n[nH]c(Cc2c(Cl)cccc2Cl)c1C(=O)OCC. The Morgan fingerprint density at radius 2 is 1.95 bits per heavy atom. The van der Waals surface area contributed by atoms with Gasteiger partial charge in [-0.3, -0.25) is 5.10 Å². The number of aromatic nitrogens is 2. The van der Waals surface area contributed by atoms with Crippen molar-refractivity contribution in [2.75, 3.05) is 6.61 Å². The van der Waals surface area contributed by atoms with Crippen LogP contribution in [0.2, 0.25) is 10.0 Å². The number of aryl methyl sites for hydroxylation is 1. The summed E-state index contributed by atoms with van der Waals surface area (Å²) in [6.45, 7) is 4.14. The van der Waals surface area contributed by atoms with Gasteiger partial charge in [0, 0.05) is 16.5 Å². The van der Waals surface area contributed by atoms with Gasteiger partial charge in [-0.15, -0.1) is 0 Å². The summed E-state index contributed by atoms with van der Waals surface area (Å²) in [5, 5.41) is 8.31. The number of hydrogen-bond donors (Lipinski definition) is 1. The highest BCUT2D eigenvalue weighted by Gasteiger charge is 2.22. The minimum Gasteiger partial charge on any atom is -0.462 e. The molecule has 0 saturated carbocycles. The zero-order chi connectivity index (χ0) is 16.1. The van der Waals surface area contributed by atoms with Gasteiger partial charge in [0.25, 0.3) is 0 Å². The molecule has 0 radical (unpaired) electrons. The number of halogens is 2. The molecule has 1 aromatic heterocycles. The van der Waals surface area contributed by atoms with E-state index < -0.39 is 0 Å². The Kier molecular flexibility index (Phi) is 5.86. The molecular formula is C16H18Cl2N2O2. The Bertz CT molecular complexity index is 648. The van der Waals surface area contributed by atoms with Gasteiger partial charge in [-0.2, -0.15) is 5.10 Å². The van der Waals surface area contributed by atoms with Crippen LogP contribution < -0.4 is 0 Å². The Morgan fingerprint density at radius 1 is 1.27 bits per heavy atom. The van der Waals surface area contributed by atoms with Gasteiger partial charge in [-0.1, -0.05) is 42.6 Å². The second-order valence-electron chi connectivity index (χ2n) is 4.87. The van der Waals surface area contributed by atoms with Crippen LogP contribution in [0.1, 0.15) is 47.6 Å². The second-order valence-corrected chi connectivity index (χ2v) is 5.69. The van der Waals surface area contributed by atoms with Gasteiger partial charge in [0.1, 0.15) is 5.56 Å². The van der Waals surface area contributed by atoms with E-state index in [1.807, 2.05) is 6.92 Å². The van der Waals surface area contributed by atoms with Gasteiger partial charge in [0.15, 0.2) is 0 Å². The second kappa shape index (κ2) is 7.65. The molecule has 22 heavy (non-hydrogen) atoms. The number of carbonyl (C=O) groups is 1. The number of aromatic amines is 1. The zero-order valence-corrected chi connectivity index (χ0v) is 14.1. The maximum atomic E-state index is 12.2. The lowest BCUT2D eigenvalue weighted by atomic mass is 10.0. The Hall–Kier alpha value is -1.52. The van der Waals surface area contributed by atoms with Gasteiger partial charge >= 0.3 is 5.97 Å². The fraction of sp³-hybridized carbons (Fsp3) is 0.375. The van der Waals surface area contributed by atoms with Gasteiger partial charge in [-0.25, -0.2) is 4.79 Å². The number of esters is 1. The number of hydrogen-bond acceptors (Lipinski definition) is 3. The molecule has 0 aliphatic heterocycles. The third-order valence-electron chi connectivity index (χ3n) is 3.30. The molecule has 0 aliphatic rings. The van der Waals surface area contributed by atoms with E-state index in [1.165, 1.54) is 0 Å². The summed E-state index contributed by atoms with van der Waals surface area (Å²) >= 11 is 12.4. The Morgan fingerprint density at radius 3 is 2.55 bits per heavy atom. The molecule has 118 valence electrons. The number of rotatable bonds is 6. The predicted octanol–water partition coefficient (Wildman–Crippen LogP) is 4.44. The van der Waals surface area contributed by atoms with Crippen LogP contribution in [0, 0.1) is 0 Å². The number of nitrogens with one attached hydrogen (secondary N) is 1. The first-order valence-electron chi connectivity index (χ1n) is 7.24. The summed E-state index contributed by atoms with van der Waals surface area (Å²) in [6, 6.07) is 5.34. The standard InChI is InChI=1S/C16H18Cl2N2O2/c1-3-6-13-15(16(21)22-4-2)14(20-19-13)9-10-11(17)7-5-8-12(10)18/h5,7-8H,3-4,6,9H2,1-2H3,(H,19,20). The molecule has 2 rings (SSSR count). The van der Waals surface area contributed by atoms with Crippen LogP contribution in [0.25, 0.3) is 0 Å². The third kappa shape index (κ3) is 3.62. The molecule has 0 saturated heterocycles. The smallest absolute Gasteiger partial charge is 0.341 e. The molecule has 0 fully saturated rings. The number of benzene rings is 1. The molecule has 0 unspecified atom stereocenters. The largest absolute Gasteiger partial charge is 0.462 e. The van der Waals surface area contributed by atoms with E-state index in [4.69, 9.17) is 27.9 Å². The van der Waals surface area contributed by atoms with Crippen molar-refractivity contribution in [1.29, 1.82) is 0 Å². The third-order valence-corrected chi connectivity index (χ3v) is 4.01. The maximum Gasteiger partial charge on any atom is 0.341 e. The maximum absolute atomic E-state index is 12.2. The van der Waals surface area contributed by atoms with E-state index in [-0.39, 0.29) is 5.97 Å². The van der Waals surface area contributed by atoms with E-state index in [9.17, 15) is 4.79 Å². The quantitative estimate of drug-likeness (QED) is 0.791. The molecule has 0 atom stereocenters. The lowest BCUT2D eigenvalue weighted by molar-refractivity contribution is 0.0524. The predicted molar refractivity (Wildman–Crippen MR) is 87.8 cm³/mol. The minimum atomic E-state index is -0.363. The molecule has 1 aromatic carbocycles. The number of carbonyl (C=O) groups excluding carboxylic acids is 1. The summed E-state index contributed by atoms with van der Waals surface area (Å²) < 4.78 is 5.15. The highest BCUT2D eigenvalue weighted by molar-refractivity contribution is 6.36. The van der Waals surface area contributed by atoms with Crippen molar-refractivity contribution >= 4 is 29.2 Å². The van der Waals surface area contributed by atoms with E-state index >= 15 is 0 Å². The molecule has 0 spiro atoms. The molecule has 1 N–H and O–H groups in total. The highest BCUT2D eigenvalue weighted by Crippen LogP contribution is 2.28. The summed E-state index contributed by atoms with van der Waals surface area (Å²) in [5.41, 5.74) is 2.67. The van der Waals surface area contributed by atoms with Gasteiger partial charge in [-0.05, 0) is 31.0 Å². The zero-order valence-electron chi connectivity index (χ0n) is 12.6. The summed E-state index contributed by atoms with van der Waals surface area (Å²) in [6.07, 6.45) is 2.01. The topological polar surface area (TPSA) is 55.0 Å². The van der Waals surface area contributed by atoms with E-state index in [0.29, 0.717) is 40.8 Å². The van der Waals surface area contributed by atoms with Crippen LogP contribution >= 0.6 is 23.2 Å². The fourth-order valence-electron chi connectivity index (χ4n) is 2.29. The van der Waals surface area contributed by atoms with Crippen molar-refractivity contribution in [2.24, 2.45) is 0 Å². The normalized spacial score (nSPS) is 10.7. The van der Waals surface area contributed by atoms with E-state index in [2.05, 4.69) is 10.2 Å². The van der Waals surface area contributed by atoms with Gasteiger partial charge < -0.3 is 4.74 Å². The molecule has 2 aromatic rings. The molecule has 1 heterocycles. The monoisotopic (exact) mass is 340 g/mol. The average Bonchev–Trinajstić information content (AvgIpc) is 2.86. The van der Waals surface area contributed by atoms with Crippen molar-refractivity contribution in [2.45, 2.75) is 33.1 Å². The van der Waals surface area contributed by atoms with Crippen molar-refractivity contribution in [3.05, 3.63) is 50.8 Å². The molecule has 0 bridgehead atoms. The van der Waals surface area contributed by atoms with E-state index in [0.717, 1.165) is 17.7 Å². The highest BCUT2D eigenvalue weighted by atomic mass is 35.5. The first kappa shape index (κ1) is 16.8.